The van der Waals surface area contributed by atoms with Crippen LogP contribution in [0.3, 0.4) is 0 Å². The number of fused-ring (bicyclic) bond motifs is 1. The van der Waals surface area contributed by atoms with E-state index in [9.17, 15) is 14.9 Å². The van der Waals surface area contributed by atoms with Crippen molar-refractivity contribution < 1.29 is 14.5 Å². The second kappa shape index (κ2) is 11.9. The minimum Gasteiger partial charge on any atom is -0.492 e. The van der Waals surface area contributed by atoms with Gasteiger partial charge >= 0.3 is 0 Å². The molecule has 178 valence electrons. The van der Waals surface area contributed by atoms with Crippen LogP contribution in [-0.4, -0.2) is 53.5 Å². The van der Waals surface area contributed by atoms with Gasteiger partial charge in [-0.05, 0) is 45.1 Å². The van der Waals surface area contributed by atoms with Crippen molar-refractivity contribution in [3.8, 4) is 5.75 Å². The Labute approximate surface area is 203 Å². The minimum atomic E-state index is -0.460. The van der Waals surface area contributed by atoms with Gasteiger partial charge in [0.25, 0.3) is 11.6 Å². The number of likely N-dealkylation sites (N-methyl/N-ethyl adjacent to an activating group) is 1. The summed E-state index contributed by atoms with van der Waals surface area (Å²) in [7, 11) is 0. The summed E-state index contributed by atoms with van der Waals surface area (Å²) in [6, 6.07) is 10.3. The van der Waals surface area contributed by atoms with Gasteiger partial charge in [0.1, 0.15) is 11.3 Å². The summed E-state index contributed by atoms with van der Waals surface area (Å²) in [6.07, 6.45) is 0. The molecule has 1 aromatic heterocycles. The normalized spacial score (nSPS) is 10.8. The van der Waals surface area contributed by atoms with Crippen molar-refractivity contribution in [2.75, 3.05) is 37.7 Å². The van der Waals surface area contributed by atoms with E-state index in [0.717, 1.165) is 17.8 Å². The Morgan fingerprint density at radius 1 is 1.12 bits per heavy atom. The number of amides is 1. The molecule has 0 radical (unpaired) electrons. The first-order valence-electron chi connectivity index (χ1n) is 10.7. The molecule has 0 saturated carbocycles. The molecule has 3 aromatic rings. The third-order valence-electron chi connectivity index (χ3n) is 5.41. The number of nitrogens with zero attached hydrogens (tertiary/aromatic N) is 4. The molecule has 1 amide bonds. The number of hydrogen-bond acceptors (Lipinski definition) is 7. The number of carbonyl (C=O) groups is 1. The van der Waals surface area contributed by atoms with Crippen LogP contribution in [0.5, 0.6) is 5.75 Å². The summed E-state index contributed by atoms with van der Waals surface area (Å²) in [5.41, 5.74) is 1.31. The maximum atomic E-state index is 13.6. The van der Waals surface area contributed by atoms with Gasteiger partial charge in [0.15, 0.2) is 5.13 Å². The van der Waals surface area contributed by atoms with Crippen molar-refractivity contribution in [3.63, 3.8) is 0 Å². The van der Waals surface area contributed by atoms with E-state index >= 15 is 0 Å². The Morgan fingerprint density at radius 3 is 2.45 bits per heavy atom. The van der Waals surface area contributed by atoms with Crippen LogP contribution in [0.2, 0.25) is 0 Å². The van der Waals surface area contributed by atoms with E-state index in [2.05, 4.69) is 18.7 Å². The number of rotatable bonds is 10. The van der Waals surface area contributed by atoms with Crippen LogP contribution >= 0.6 is 23.7 Å². The molecule has 0 aliphatic rings. The number of nitro benzene ring substituents is 1. The zero-order chi connectivity index (χ0) is 23.3. The summed E-state index contributed by atoms with van der Waals surface area (Å²) in [5.74, 6) is 0.380. The van der Waals surface area contributed by atoms with Gasteiger partial charge in [0.2, 0.25) is 0 Å². The second-order valence-electron chi connectivity index (χ2n) is 7.22. The molecule has 0 aliphatic heterocycles. The fourth-order valence-electron chi connectivity index (χ4n) is 3.56. The average Bonchev–Trinajstić information content (AvgIpc) is 3.21. The second-order valence-corrected chi connectivity index (χ2v) is 8.23. The van der Waals surface area contributed by atoms with E-state index in [0.29, 0.717) is 47.2 Å². The average molecular weight is 493 g/mol. The number of anilines is 1. The van der Waals surface area contributed by atoms with Gasteiger partial charge in [-0.1, -0.05) is 37.3 Å². The number of carbonyl (C=O) groups excluding carboxylic acids is 1. The topological polar surface area (TPSA) is 88.8 Å². The van der Waals surface area contributed by atoms with Crippen LogP contribution in [0, 0.1) is 17.0 Å². The van der Waals surface area contributed by atoms with Crippen LogP contribution in [0.15, 0.2) is 36.4 Å². The van der Waals surface area contributed by atoms with E-state index in [-0.39, 0.29) is 24.0 Å². The highest BCUT2D eigenvalue weighted by molar-refractivity contribution is 7.22. The smallest absolute Gasteiger partial charge is 0.273 e. The maximum Gasteiger partial charge on any atom is 0.273 e. The standard InChI is InChI=1S/C23H28N4O4S.ClH/c1-5-25(6-2)14-15-26(22(28)17-10-8-11-18(16(17)4)27(29)30)23-24-21-19(31-7-3)12-9-13-20(21)32-23;/h8-13H,5-7,14-15H2,1-4H3;1H. The lowest BCUT2D eigenvalue weighted by atomic mass is 10.1. The number of benzene rings is 2. The largest absolute Gasteiger partial charge is 0.492 e. The van der Waals surface area contributed by atoms with E-state index < -0.39 is 4.92 Å². The quantitative estimate of drug-likeness (QED) is 0.281. The molecule has 33 heavy (non-hydrogen) atoms. The summed E-state index contributed by atoms with van der Waals surface area (Å²) < 4.78 is 6.63. The van der Waals surface area contributed by atoms with Crippen molar-refractivity contribution in [3.05, 3.63) is 57.6 Å². The first kappa shape index (κ1) is 26.5. The Bertz CT molecular complexity index is 1120. The molecular weight excluding hydrogens is 464 g/mol. The Hall–Kier alpha value is -2.75. The van der Waals surface area contributed by atoms with Crippen molar-refractivity contribution >= 4 is 50.7 Å². The molecule has 3 rings (SSSR count). The van der Waals surface area contributed by atoms with Gasteiger partial charge in [-0.25, -0.2) is 4.98 Å². The molecule has 0 unspecified atom stereocenters. The van der Waals surface area contributed by atoms with Crippen LogP contribution in [-0.2, 0) is 0 Å². The molecule has 2 aromatic carbocycles. The first-order chi connectivity index (χ1) is 15.4. The molecule has 8 nitrogen and oxygen atoms in total. The molecular formula is C23H29ClN4O4S. The Kier molecular flexibility index (Phi) is 9.57. The van der Waals surface area contributed by atoms with Crippen LogP contribution in [0.4, 0.5) is 10.8 Å². The molecule has 0 spiro atoms. The highest BCUT2D eigenvalue weighted by atomic mass is 35.5. The van der Waals surface area contributed by atoms with Gasteiger partial charge in [0, 0.05) is 30.3 Å². The number of thiazole rings is 1. The number of ether oxygens (including phenoxy) is 1. The van der Waals surface area contributed by atoms with Gasteiger partial charge in [-0.3, -0.25) is 19.8 Å². The molecule has 0 bridgehead atoms. The molecule has 0 fully saturated rings. The molecule has 1 heterocycles. The molecule has 0 saturated heterocycles. The zero-order valence-electron chi connectivity index (χ0n) is 19.2. The fourth-order valence-corrected chi connectivity index (χ4v) is 4.57. The van der Waals surface area contributed by atoms with Crippen molar-refractivity contribution in [2.24, 2.45) is 0 Å². The van der Waals surface area contributed by atoms with Crippen LogP contribution < -0.4 is 9.64 Å². The number of halogens is 1. The minimum absolute atomic E-state index is 0. The van der Waals surface area contributed by atoms with E-state index in [1.54, 1.807) is 24.0 Å². The van der Waals surface area contributed by atoms with Gasteiger partial charge in [-0.15, -0.1) is 12.4 Å². The molecule has 0 aliphatic carbocycles. The molecule has 0 N–H and O–H groups in total. The SMILES string of the molecule is CCOc1cccc2sc(N(CCN(CC)CC)C(=O)c3cccc([N+](=O)[O-])c3C)nc12.Cl. The third kappa shape index (κ3) is 5.79. The fraction of sp³-hybridized carbons (Fsp3) is 0.391. The predicted octanol–water partition coefficient (Wildman–Crippen LogP) is 5.32. The van der Waals surface area contributed by atoms with Crippen molar-refractivity contribution in [1.82, 2.24) is 9.88 Å². The number of nitro groups is 1. The predicted molar refractivity (Wildman–Crippen MR) is 135 cm³/mol. The summed E-state index contributed by atoms with van der Waals surface area (Å²) in [4.78, 5) is 33.2. The number of hydrogen-bond donors (Lipinski definition) is 0. The number of para-hydroxylation sites is 1. The number of aromatic nitrogens is 1. The highest BCUT2D eigenvalue weighted by Gasteiger charge is 2.26. The van der Waals surface area contributed by atoms with Crippen LogP contribution in [0.1, 0.15) is 36.7 Å². The molecule has 10 heteroatoms. The lowest BCUT2D eigenvalue weighted by Crippen LogP contribution is -2.39. The van der Waals surface area contributed by atoms with Gasteiger partial charge < -0.3 is 9.64 Å². The third-order valence-corrected chi connectivity index (χ3v) is 6.46. The molecule has 0 atom stereocenters. The van der Waals surface area contributed by atoms with Crippen molar-refractivity contribution in [2.45, 2.75) is 27.7 Å². The lowest BCUT2D eigenvalue weighted by Gasteiger charge is -2.25. The first-order valence-corrected chi connectivity index (χ1v) is 11.5. The Balaban J connectivity index is 0.00000385. The summed E-state index contributed by atoms with van der Waals surface area (Å²) in [6.45, 7) is 11.0. The lowest BCUT2D eigenvalue weighted by molar-refractivity contribution is -0.385. The van der Waals surface area contributed by atoms with Crippen LogP contribution in [0.25, 0.3) is 10.2 Å². The Morgan fingerprint density at radius 2 is 1.82 bits per heavy atom. The summed E-state index contributed by atoms with van der Waals surface area (Å²) in [5, 5.41) is 11.9. The monoisotopic (exact) mass is 492 g/mol. The van der Waals surface area contributed by atoms with E-state index in [4.69, 9.17) is 9.72 Å². The maximum absolute atomic E-state index is 13.6. The highest BCUT2D eigenvalue weighted by Crippen LogP contribution is 2.35. The van der Waals surface area contributed by atoms with E-state index in [1.807, 2.05) is 25.1 Å². The zero-order valence-corrected chi connectivity index (χ0v) is 20.9. The summed E-state index contributed by atoms with van der Waals surface area (Å²) >= 11 is 1.41. The van der Waals surface area contributed by atoms with Gasteiger partial charge in [0.05, 0.1) is 16.2 Å². The van der Waals surface area contributed by atoms with Gasteiger partial charge in [-0.2, -0.15) is 0 Å². The van der Waals surface area contributed by atoms with E-state index in [1.165, 1.54) is 17.4 Å². The van der Waals surface area contributed by atoms with Crippen molar-refractivity contribution in [1.29, 1.82) is 0 Å².